The van der Waals surface area contributed by atoms with Gasteiger partial charge in [0.05, 0.1) is 0 Å². The predicted molar refractivity (Wildman–Crippen MR) is 238 cm³/mol. The maximum atomic E-state index is 6.72. The highest BCUT2D eigenvalue weighted by Crippen LogP contribution is 2.53. The van der Waals surface area contributed by atoms with Crippen molar-refractivity contribution in [1.29, 1.82) is 0 Å². The molecule has 1 aliphatic carbocycles. The van der Waals surface area contributed by atoms with E-state index in [1.165, 1.54) is 104 Å². The Balaban J connectivity index is 1.06. The first kappa shape index (κ1) is 31.4. The zero-order valence-corrected chi connectivity index (χ0v) is 31.2. The molecular formula is C55H36O. The van der Waals surface area contributed by atoms with E-state index in [2.05, 4.69) is 196 Å². The molecule has 1 aromatic heterocycles. The largest absolute Gasteiger partial charge is 0.455 e. The first-order chi connectivity index (χ1) is 27.5. The topological polar surface area (TPSA) is 13.1 Å². The van der Waals surface area contributed by atoms with Gasteiger partial charge >= 0.3 is 0 Å². The van der Waals surface area contributed by atoms with Gasteiger partial charge in [-0.2, -0.15) is 0 Å². The summed E-state index contributed by atoms with van der Waals surface area (Å²) < 4.78 is 6.72. The second-order valence-corrected chi connectivity index (χ2v) is 16.0. The summed E-state index contributed by atoms with van der Waals surface area (Å²) >= 11 is 0. The van der Waals surface area contributed by atoms with Crippen LogP contribution in [0.25, 0.3) is 110 Å². The van der Waals surface area contributed by atoms with Crippen LogP contribution < -0.4 is 0 Å². The second-order valence-electron chi connectivity index (χ2n) is 16.0. The third-order valence-corrected chi connectivity index (χ3v) is 12.6. The Bertz CT molecular complexity index is 3390. The lowest BCUT2D eigenvalue weighted by Gasteiger charge is -2.22. The van der Waals surface area contributed by atoms with Gasteiger partial charge in [-0.3, -0.25) is 0 Å². The fraction of sp³-hybridized carbons (Fsp3) is 0.0545. The number of furan rings is 1. The van der Waals surface area contributed by atoms with Gasteiger partial charge in [0.25, 0.3) is 0 Å². The van der Waals surface area contributed by atoms with Crippen LogP contribution in [0.4, 0.5) is 0 Å². The molecule has 0 amide bonds. The van der Waals surface area contributed by atoms with Crippen LogP contribution in [-0.4, -0.2) is 0 Å². The molecule has 10 aromatic carbocycles. The van der Waals surface area contributed by atoms with Gasteiger partial charge in [-0.25, -0.2) is 0 Å². The minimum atomic E-state index is -0.151. The van der Waals surface area contributed by atoms with Crippen molar-refractivity contribution in [3.8, 4) is 44.5 Å². The summed E-state index contributed by atoms with van der Waals surface area (Å²) in [7, 11) is 0. The van der Waals surface area contributed by atoms with Gasteiger partial charge < -0.3 is 4.42 Å². The van der Waals surface area contributed by atoms with Crippen LogP contribution in [0.1, 0.15) is 25.0 Å². The fourth-order valence-corrected chi connectivity index (χ4v) is 9.88. The van der Waals surface area contributed by atoms with Crippen molar-refractivity contribution in [1.82, 2.24) is 0 Å². The molecule has 0 N–H and O–H groups in total. The standard InChI is InChI=1S/C55H36O/c1-55(2)49-27-25-39(30-46(49)47-32-51-48(31-50(47)55)45-26-24-34-13-5-6-17-40(34)54(45)56-51)53-43-20-9-7-18-41(43)52(42-19-8-10-21-44(42)53)38-16-11-15-36(29-38)37-23-22-33-12-3-4-14-35(33)28-37/h3-32H,1-2H3. The summed E-state index contributed by atoms with van der Waals surface area (Å²) in [6.07, 6.45) is 0. The van der Waals surface area contributed by atoms with Gasteiger partial charge in [0.2, 0.25) is 0 Å². The highest BCUT2D eigenvalue weighted by atomic mass is 16.3. The quantitative estimate of drug-likeness (QED) is 0.166. The van der Waals surface area contributed by atoms with Gasteiger partial charge in [0.1, 0.15) is 11.2 Å². The summed E-state index contributed by atoms with van der Waals surface area (Å²) in [6.45, 7) is 4.74. The van der Waals surface area contributed by atoms with Gasteiger partial charge in [-0.1, -0.05) is 159 Å². The molecule has 1 heterocycles. The van der Waals surface area contributed by atoms with Crippen molar-refractivity contribution < 1.29 is 4.42 Å². The van der Waals surface area contributed by atoms with E-state index >= 15 is 0 Å². The molecule has 262 valence electrons. The zero-order valence-electron chi connectivity index (χ0n) is 31.2. The molecule has 0 saturated heterocycles. The Hall–Kier alpha value is -6.96. The van der Waals surface area contributed by atoms with Crippen molar-refractivity contribution in [2.45, 2.75) is 19.3 Å². The molecule has 0 bridgehead atoms. The minimum Gasteiger partial charge on any atom is -0.455 e. The predicted octanol–water partition coefficient (Wildman–Crippen LogP) is 15.5. The van der Waals surface area contributed by atoms with Crippen molar-refractivity contribution in [2.24, 2.45) is 0 Å². The van der Waals surface area contributed by atoms with Gasteiger partial charge in [-0.15, -0.1) is 0 Å². The first-order valence-corrected chi connectivity index (χ1v) is 19.6. The molecule has 56 heavy (non-hydrogen) atoms. The van der Waals surface area contributed by atoms with Crippen molar-refractivity contribution >= 4 is 65.0 Å². The van der Waals surface area contributed by atoms with E-state index in [1.807, 2.05) is 0 Å². The summed E-state index contributed by atoms with van der Waals surface area (Å²) in [5.41, 5.74) is 14.5. The average Bonchev–Trinajstić information content (AvgIpc) is 3.72. The Kier molecular flexibility index (Phi) is 6.46. The van der Waals surface area contributed by atoms with Crippen molar-refractivity contribution in [2.75, 3.05) is 0 Å². The third-order valence-electron chi connectivity index (χ3n) is 12.6. The van der Waals surface area contributed by atoms with E-state index in [4.69, 9.17) is 4.42 Å². The van der Waals surface area contributed by atoms with E-state index in [0.29, 0.717) is 0 Å². The molecule has 0 spiro atoms. The van der Waals surface area contributed by atoms with Crippen LogP contribution in [0.5, 0.6) is 0 Å². The lowest BCUT2D eigenvalue weighted by atomic mass is 9.81. The summed E-state index contributed by atoms with van der Waals surface area (Å²) in [4.78, 5) is 0. The molecular weight excluding hydrogens is 677 g/mol. The molecule has 0 saturated carbocycles. The highest BCUT2D eigenvalue weighted by molar-refractivity contribution is 6.22. The number of fused-ring (bicyclic) bond motifs is 11. The average molecular weight is 713 g/mol. The number of hydrogen-bond acceptors (Lipinski definition) is 1. The number of hydrogen-bond donors (Lipinski definition) is 0. The maximum absolute atomic E-state index is 6.72. The normalized spacial score (nSPS) is 13.3. The smallest absolute Gasteiger partial charge is 0.143 e. The van der Waals surface area contributed by atoms with Crippen LogP contribution in [-0.2, 0) is 5.41 Å². The van der Waals surface area contributed by atoms with E-state index < -0.39 is 0 Å². The lowest BCUT2D eigenvalue weighted by molar-refractivity contribution is 0.658. The molecule has 12 rings (SSSR count). The molecule has 11 aromatic rings. The maximum Gasteiger partial charge on any atom is 0.143 e. The summed E-state index contributed by atoms with van der Waals surface area (Å²) in [6, 6.07) is 67.2. The number of benzene rings is 10. The summed E-state index contributed by atoms with van der Waals surface area (Å²) in [5, 5.41) is 12.3. The Morgan fingerprint density at radius 3 is 1.62 bits per heavy atom. The van der Waals surface area contributed by atoms with Crippen molar-refractivity contribution in [3.05, 3.63) is 193 Å². The monoisotopic (exact) mass is 712 g/mol. The van der Waals surface area contributed by atoms with Gasteiger partial charge in [0.15, 0.2) is 0 Å². The molecule has 0 fully saturated rings. The van der Waals surface area contributed by atoms with Crippen LogP contribution in [0.3, 0.4) is 0 Å². The second kappa shape index (κ2) is 11.5. The molecule has 0 atom stereocenters. The molecule has 0 aliphatic heterocycles. The zero-order chi connectivity index (χ0) is 37.1. The highest BCUT2D eigenvalue weighted by Gasteiger charge is 2.37. The van der Waals surface area contributed by atoms with Crippen LogP contribution in [0, 0.1) is 0 Å². The number of rotatable bonds is 3. The molecule has 1 heteroatoms. The Labute approximate surface area is 325 Å². The van der Waals surface area contributed by atoms with E-state index in [-0.39, 0.29) is 5.41 Å². The Morgan fingerprint density at radius 1 is 0.339 bits per heavy atom. The SMILES string of the molecule is CC1(C)c2ccc(-c3c4ccccc4c(-c4cccc(-c5ccc6ccccc6c5)c4)c4ccccc34)cc2-c2cc3oc4c5ccccc5ccc4c3cc21. The summed E-state index contributed by atoms with van der Waals surface area (Å²) in [5.74, 6) is 0. The lowest BCUT2D eigenvalue weighted by Crippen LogP contribution is -2.14. The molecule has 0 radical (unpaired) electrons. The fourth-order valence-electron chi connectivity index (χ4n) is 9.88. The van der Waals surface area contributed by atoms with E-state index in [1.54, 1.807) is 0 Å². The van der Waals surface area contributed by atoms with Crippen LogP contribution in [0.2, 0.25) is 0 Å². The van der Waals surface area contributed by atoms with Gasteiger partial charge in [-0.05, 0) is 130 Å². The van der Waals surface area contributed by atoms with Gasteiger partial charge in [0, 0.05) is 21.6 Å². The van der Waals surface area contributed by atoms with E-state index in [9.17, 15) is 0 Å². The first-order valence-electron chi connectivity index (χ1n) is 19.6. The molecule has 1 nitrogen and oxygen atoms in total. The molecule has 1 aliphatic rings. The Morgan fingerprint density at radius 2 is 0.893 bits per heavy atom. The van der Waals surface area contributed by atoms with Crippen LogP contribution >= 0.6 is 0 Å². The van der Waals surface area contributed by atoms with Crippen LogP contribution in [0.15, 0.2) is 186 Å². The third kappa shape index (κ3) is 4.43. The molecule has 0 unspecified atom stereocenters. The minimum absolute atomic E-state index is 0.151. The van der Waals surface area contributed by atoms with E-state index in [0.717, 1.165) is 16.6 Å². The van der Waals surface area contributed by atoms with Crippen molar-refractivity contribution in [3.63, 3.8) is 0 Å².